The minimum atomic E-state index is -0.337. The van der Waals surface area contributed by atoms with Crippen molar-refractivity contribution in [2.24, 2.45) is 11.7 Å². The van der Waals surface area contributed by atoms with Gasteiger partial charge in [-0.25, -0.2) is 14.8 Å². The Hall–Kier alpha value is -2.63. The first-order valence-electron chi connectivity index (χ1n) is 7.39. The average Bonchev–Trinajstić information content (AvgIpc) is 3.03. The number of rotatable bonds is 4. The molecule has 1 atom stereocenters. The first-order chi connectivity index (χ1) is 10.7. The third kappa shape index (κ3) is 3.33. The second-order valence-electron chi connectivity index (χ2n) is 5.45. The van der Waals surface area contributed by atoms with Gasteiger partial charge in [-0.05, 0) is 18.4 Å². The Morgan fingerprint density at radius 3 is 2.86 bits per heavy atom. The number of primary amides is 1. The molecule has 1 saturated heterocycles. The number of likely N-dealkylation sites (tertiary alicyclic amines) is 1. The minimum absolute atomic E-state index is 0.337. The summed E-state index contributed by atoms with van der Waals surface area (Å²) >= 11 is 0. The Kier molecular flexibility index (Phi) is 4.18. The van der Waals surface area contributed by atoms with E-state index in [-0.39, 0.29) is 6.03 Å². The van der Waals surface area contributed by atoms with Crippen LogP contribution in [0, 0.1) is 5.92 Å². The van der Waals surface area contributed by atoms with Gasteiger partial charge in [0.1, 0.15) is 5.82 Å². The number of hydrogen-bond acceptors (Lipinski definition) is 4. The molecule has 1 aliphatic heterocycles. The van der Waals surface area contributed by atoms with Gasteiger partial charge in [-0.2, -0.15) is 0 Å². The number of nitrogens with zero attached hydrogens (tertiary/aromatic N) is 3. The summed E-state index contributed by atoms with van der Waals surface area (Å²) in [7, 11) is 0. The maximum atomic E-state index is 11.1. The quantitative estimate of drug-likeness (QED) is 0.903. The van der Waals surface area contributed by atoms with Crippen molar-refractivity contribution < 1.29 is 4.79 Å². The van der Waals surface area contributed by atoms with E-state index >= 15 is 0 Å². The van der Waals surface area contributed by atoms with Crippen molar-refractivity contribution in [3.63, 3.8) is 0 Å². The lowest BCUT2D eigenvalue weighted by atomic mass is 10.1. The molecule has 6 heteroatoms. The van der Waals surface area contributed by atoms with E-state index < -0.39 is 0 Å². The van der Waals surface area contributed by atoms with Crippen LogP contribution in [0.5, 0.6) is 0 Å². The number of nitrogens with one attached hydrogen (secondary N) is 1. The predicted octanol–water partition coefficient (Wildman–Crippen LogP) is 1.96. The lowest BCUT2D eigenvalue weighted by Gasteiger charge is -2.14. The molecule has 114 valence electrons. The molecule has 2 amide bonds. The minimum Gasteiger partial charge on any atom is -0.370 e. The molecule has 0 bridgehead atoms. The van der Waals surface area contributed by atoms with Crippen LogP contribution in [0.25, 0.3) is 11.4 Å². The normalized spacial score (nSPS) is 17.5. The smallest absolute Gasteiger partial charge is 0.314 e. The van der Waals surface area contributed by atoms with Gasteiger partial charge in [0, 0.05) is 31.4 Å². The zero-order valence-electron chi connectivity index (χ0n) is 12.3. The van der Waals surface area contributed by atoms with Gasteiger partial charge in [0.05, 0.1) is 0 Å². The molecular weight excluding hydrogens is 278 g/mol. The predicted molar refractivity (Wildman–Crippen MR) is 85.2 cm³/mol. The number of amides is 2. The molecule has 1 fully saturated rings. The molecule has 1 aromatic heterocycles. The number of aromatic nitrogens is 2. The molecule has 2 aromatic rings. The molecule has 3 N–H and O–H groups in total. The molecule has 0 saturated carbocycles. The highest BCUT2D eigenvalue weighted by molar-refractivity contribution is 5.72. The fourth-order valence-corrected chi connectivity index (χ4v) is 2.63. The van der Waals surface area contributed by atoms with E-state index in [0.29, 0.717) is 18.3 Å². The summed E-state index contributed by atoms with van der Waals surface area (Å²) in [5, 5.41) is 3.33. The monoisotopic (exact) mass is 297 g/mol. The summed E-state index contributed by atoms with van der Waals surface area (Å²) in [4.78, 5) is 21.6. The summed E-state index contributed by atoms with van der Waals surface area (Å²) in [6, 6.07) is 11.4. The largest absolute Gasteiger partial charge is 0.370 e. The molecule has 1 aromatic carbocycles. The lowest BCUT2D eigenvalue weighted by Crippen LogP contribution is -2.34. The van der Waals surface area contributed by atoms with Gasteiger partial charge in [-0.3, -0.25) is 0 Å². The number of benzene rings is 1. The van der Waals surface area contributed by atoms with Crippen molar-refractivity contribution in [3.8, 4) is 11.4 Å². The van der Waals surface area contributed by atoms with Crippen LogP contribution >= 0.6 is 0 Å². The van der Waals surface area contributed by atoms with Gasteiger partial charge in [0.15, 0.2) is 5.82 Å². The van der Waals surface area contributed by atoms with Crippen LogP contribution in [0.15, 0.2) is 42.6 Å². The summed E-state index contributed by atoms with van der Waals surface area (Å²) in [6.45, 7) is 2.22. The summed E-state index contributed by atoms with van der Waals surface area (Å²) in [5.41, 5.74) is 6.29. The highest BCUT2D eigenvalue weighted by Gasteiger charge is 2.24. The van der Waals surface area contributed by atoms with E-state index in [1.807, 2.05) is 36.4 Å². The zero-order chi connectivity index (χ0) is 15.4. The number of anilines is 1. The van der Waals surface area contributed by atoms with Crippen molar-refractivity contribution in [2.45, 2.75) is 6.42 Å². The fourth-order valence-electron chi connectivity index (χ4n) is 2.63. The first kappa shape index (κ1) is 14.3. The number of hydrogen-bond donors (Lipinski definition) is 2. The van der Waals surface area contributed by atoms with Crippen molar-refractivity contribution in [2.75, 3.05) is 25.0 Å². The van der Waals surface area contributed by atoms with Crippen LogP contribution in [0.1, 0.15) is 6.42 Å². The van der Waals surface area contributed by atoms with Gasteiger partial charge in [0.25, 0.3) is 0 Å². The van der Waals surface area contributed by atoms with E-state index in [1.54, 1.807) is 11.1 Å². The molecule has 22 heavy (non-hydrogen) atoms. The maximum Gasteiger partial charge on any atom is 0.314 e. The molecule has 1 unspecified atom stereocenters. The van der Waals surface area contributed by atoms with Crippen molar-refractivity contribution in [1.82, 2.24) is 14.9 Å². The molecule has 0 spiro atoms. The van der Waals surface area contributed by atoms with Gasteiger partial charge < -0.3 is 16.0 Å². The van der Waals surface area contributed by atoms with E-state index in [0.717, 1.165) is 30.9 Å². The van der Waals surface area contributed by atoms with E-state index in [9.17, 15) is 4.79 Å². The van der Waals surface area contributed by atoms with E-state index in [4.69, 9.17) is 5.73 Å². The number of nitrogens with two attached hydrogens (primary N) is 1. The number of urea groups is 1. The Balaban J connectivity index is 1.61. The number of carbonyl (C=O) groups is 1. The molecule has 6 nitrogen and oxygen atoms in total. The van der Waals surface area contributed by atoms with Gasteiger partial charge in [-0.15, -0.1) is 0 Å². The summed E-state index contributed by atoms with van der Waals surface area (Å²) in [5.74, 6) is 1.91. The van der Waals surface area contributed by atoms with Crippen molar-refractivity contribution in [1.29, 1.82) is 0 Å². The van der Waals surface area contributed by atoms with Gasteiger partial charge in [0.2, 0.25) is 0 Å². The average molecular weight is 297 g/mol. The third-order valence-corrected chi connectivity index (χ3v) is 3.86. The summed E-state index contributed by atoms with van der Waals surface area (Å²) < 4.78 is 0. The summed E-state index contributed by atoms with van der Waals surface area (Å²) in [6.07, 6.45) is 2.72. The van der Waals surface area contributed by atoms with Crippen molar-refractivity contribution >= 4 is 11.8 Å². The highest BCUT2D eigenvalue weighted by atomic mass is 16.2. The van der Waals surface area contributed by atoms with Crippen molar-refractivity contribution in [3.05, 3.63) is 42.6 Å². The second-order valence-corrected chi connectivity index (χ2v) is 5.45. The third-order valence-electron chi connectivity index (χ3n) is 3.86. The van der Waals surface area contributed by atoms with E-state index in [2.05, 4.69) is 15.3 Å². The topological polar surface area (TPSA) is 84.1 Å². The fraction of sp³-hybridized carbons (Fsp3) is 0.312. The standard InChI is InChI=1S/C16H19N5O/c17-16(22)21-9-7-12(11-21)10-19-14-6-8-18-15(20-14)13-4-2-1-3-5-13/h1-6,8,12H,7,9-11H2,(H2,17,22)(H,18,19,20). The SMILES string of the molecule is NC(=O)N1CCC(CNc2ccnc(-c3ccccc3)n2)C1. The maximum absolute atomic E-state index is 11.1. The van der Waals surface area contributed by atoms with Crippen LogP contribution in [0.2, 0.25) is 0 Å². The molecule has 0 aliphatic carbocycles. The van der Waals surface area contributed by atoms with Crippen LogP contribution in [-0.2, 0) is 0 Å². The Labute approximate surface area is 129 Å². The Morgan fingerprint density at radius 2 is 2.14 bits per heavy atom. The highest BCUT2D eigenvalue weighted by Crippen LogP contribution is 2.18. The van der Waals surface area contributed by atoms with Gasteiger partial charge in [-0.1, -0.05) is 30.3 Å². The number of carbonyl (C=O) groups excluding carboxylic acids is 1. The van der Waals surface area contributed by atoms with Gasteiger partial charge >= 0.3 is 6.03 Å². The molecule has 1 aliphatic rings. The first-order valence-corrected chi connectivity index (χ1v) is 7.39. The van der Waals surface area contributed by atoms with Crippen LogP contribution in [0.4, 0.5) is 10.6 Å². The second kappa shape index (κ2) is 6.43. The van der Waals surface area contributed by atoms with Crippen LogP contribution in [0.3, 0.4) is 0 Å². The Morgan fingerprint density at radius 1 is 1.32 bits per heavy atom. The molecular formula is C16H19N5O. The van der Waals surface area contributed by atoms with E-state index in [1.165, 1.54) is 0 Å². The van der Waals surface area contributed by atoms with Crippen LogP contribution in [-0.4, -0.2) is 40.5 Å². The zero-order valence-corrected chi connectivity index (χ0v) is 12.3. The van der Waals surface area contributed by atoms with Crippen LogP contribution < -0.4 is 11.1 Å². The molecule has 3 rings (SSSR count). The molecule has 0 radical (unpaired) electrons. The molecule has 2 heterocycles. The lowest BCUT2D eigenvalue weighted by molar-refractivity contribution is 0.217. The Bertz CT molecular complexity index is 646.